The van der Waals surface area contributed by atoms with Crippen molar-refractivity contribution in [3.63, 3.8) is 0 Å². The van der Waals surface area contributed by atoms with Gasteiger partial charge in [0.05, 0.1) is 18.7 Å². The molecule has 2 aromatic carbocycles. The van der Waals surface area contributed by atoms with E-state index in [9.17, 15) is 9.18 Å². The van der Waals surface area contributed by atoms with Crippen LogP contribution in [0.25, 0.3) is 17.0 Å². The van der Waals surface area contributed by atoms with Gasteiger partial charge in [-0.25, -0.2) is 9.18 Å². The van der Waals surface area contributed by atoms with Gasteiger partial charge < -0.3 is 14.6 Å². The quantitative estimate of drug-likeness (QED) is 0.525. The van der Waals surface area contributed by atoms with Gasteiger partial charge in [0.2, 0.25) is 5.82 Å². The summed E-state index contributed by atoms with van der Waals surface area (Å²) in [5.74, 6) is 0.168. The van der Waals surface area contributed by atoms with Crippen LogP contribution in [0.3, 0.4) is 0 Å². The number of allylic oxidation sites excluding steroid dienone is 1. The minimum Gasteiger partial charge on any atom is -0.494 e. The molecule has 1 N–H and O–H groups in total. The molecule has 1 aromatic heterocycles. The van der Waals surface area contributed by atoms with Gasteiger partial charge in [-0.05, 0) is 49.1 Å². The number of carbonyl (C=O) groups is 1. The lowest BCUT2D eigenvalue weighted by Crippen LogP contribution is -2.46. The lowest BCUT2D eigenvalue weighted by atomic mass is 9.93. The maximum atomic E-state index is 14.2. The molecular formula is C25H27FN4O3. The number of ether oxygens (including phenoxy) is 1. The summed E-state index contributed by atoms with van der Waals surface area (Å²) in [7, 11) is 1.41. The van der Waals surface area contributed by atoms with Gasteiger partial charge in [-0.15, -0.1) is 0 Å². The summed E-state index contributed by atoms with van der Waals surface area (Å²) in [6.45, 7) is 6.55. The van der Waals surface area contributed by atoms with Crippen molar-refractivity contribution in [2.75, 3.05) is 13.7 Å². The molecule has 3 aromatic rings. The highest BCUT2D eigenvalue weighted by Crippen LogP contribution is 2.37. The van der Waals surface area contributed by atoms with Crippen molar-refractivity contribution in [3.05, 3.63) is 71.0 Å². The molecule has 1 unspecified atom stereocenters. The van der Waals surface area contributed by atoms with Gasteiger partial charge in [0.25, 0.3) is 5.89 Å². The molecule has 1 aliphatic heterocycles. The molecule has 7 nitrogen and oxygen atoms in total. The second kappa shape index (κ2) is 9.44. The number of aromatic nitrogens is 2. The van der Waals surface area contributed by atoms with E-state index in [1.165, 1.54) is 24.8 Å². The van der Waals surface area contributed by atoms with Gasteiger partial charge >= 0.3 is 6.03 Å². The number of nitrogens with zero attached hydrogens (tertiary/aromatic N) is 3. The molecule has 172 valence electrons. The van der Waals surface area contributed by atoms with Crippen molar-refractivity contribution in [2.45, 2.75) is 39.7 Å². The molecule has 2 amide bonds. The predicted octanol–water partition coefficient (Wildman–Crippen LogP) is 5.35. The van der Waals surface area contributed by atoms with Crippen molar-refractivity contribution < 1.29 is 18.4 Å². The Balaban J connectivity index is 1.78. The van der Waals surface area contributed by atoms with Gasteiger partial charge in [-0.2, -0.15) is 4.98 Å². The Bertz CT molecular complexity index is 1190. The number of nitrogens with one attached hydrogen (secondary N) is 1. The van der Waals surface area contributed by atoms with E-state index >= 15 is 0 Å². The van der Waals surface area contributed by atoms with Crippen molar-refractivity contribution in [1.29, 1.82) is 0 Å². The van der Waals surface area contributed by atoms with Crippen molar-refractivity contribution in [2.24, 2.45) is 0 Å². The normalized spacial score (nSPS) is 16.2. The van der Waals surface area contributed by atoms with E-state index in [4.69, 9.17) is 9.26 Å². The molecule has 0 aliphatic carbocycles. The molecule has 0 saturated carbocycles. The Labute approximate surface area is 192 Å². The molecule has 2 heterocycles. The Kier molecular flexibility index (Phi) is 6.44. The molecule has 33 heavy (non-hydrogen) atoms. The Morgan fingerprint density at radius 1 is 1.18 bits per heavy atom. The smallest absolute Gasteiger partial charge is 0.322 e. The summed E-state index contributed by atoms with van der Waals surface area (Å²) in [5, 5.41) is 7.16. The molecular weight excluding hydrogens is 423 g/mol. The number of halogens is 1. The van der Waals surface area contributed by atoms with Crippen molar-refractivity contribution in [1.82, 2.24) is 20.4 Å². The fourth-order valence-electron chi connectivity index (χ4n) is 4.00. The summed E-state index contributed by atoms with van der Waals surface area (Å²) in [4.78, 5) is 19.1. The van der Waals surface area contributed by atoms with Crippen LogP contribution in [0.5, 0.6) is 5.75 Å². The molecule has 0 radical (unpaired) electrons. The van der Waals surface area contributed by atoms with E-state index in [0.29, 0.717) is 12.1 Å². The summed E-state index contributed by atoms with van der Waals surface area (Å²) in [6.07, 6.45) is 1.73. The second-order valence-electron chi connectivity index (χ2n) is 7.90. The standard InChI is InChI=1S/C25H27FN4O3/c1-5-13-30-15(3)21(22(27-25(30)31)17-9-7-16(6-2)8-10-17)24-28-23(29-33-24)18-11-12-20(32-4)19(26)14-18/h7-12,14,22H,5-6,13H2,1-4H3,(H,27,31). The van der Waals surface area contributed by atoms with Crippen molar-refractivity contribution >= 4 is 11.6 Å². The third kappa shape index (κ3) is 4.33. The van der Waals surface area contributed by atoms with E-state index in [0.717, 1.165) is 29.7 Å². The zero-order valence-corrected chi connectivity index (χ0v) is 19.2. The minimum absolute atomic E-state index is 0.141. The lowest BCUT2D eigenvalue weighted by Gasteiger charge is -2.35. The number of rotatable bonds is 7. The van der Waals surface area contributed by atoms with Gasteiger partial charge in [-0.3, -0.25) is 4.90 Å². The van der Waals surface area contributed by atoms with Gasteiger partial charge in [0.15, 0.2) is 11.6 Å². The van der Waals surface area contributed by atoms with Crippen LogP contribution < -0.4 is 10.1 Å². The van der Waals surface area contributed by atoms with E-state index < -0.39 is 11.9 Å². The zero-order chi connectivity index (χ0) is 23.5. The number of aryl methyl sites for hydroxylation is 1. The monoisotopic (exact) mass is 450 g/mol. The maximum Gasteiger partial charge on any atom is 0.322 e. The largest absolute Gasteiger partial charge is 0.494 e. The average Bonchev–Trinajstić information content (AvgIpc) is 3.31. The summed E-state index contributed by atoms with van der Waals surface area (Å²) < 4.78 is 24.8. The molecule has 0 fully saturated rings. The number of hydrogen-bond acceptors (Lipinski definition) is 5. The second-order valence-corrected chi connectivity index (χ2v) is 7.90. The van der Waals surface area contributed by atoms with E-state index in [2.05, 4.69) is 22.4 Å². The van der Waals surface area contributed by atoms with Gasteiger partial charge in [0.1, 0.15) is 0 Å². The third-order valence-electron chi connectivity index (χ3n) is 5.83. The number of amides is 2. The summed E-state index contributed by atoms with van der Waals surface area (Å²) in [5.41, 5.74) is 4.07. The number of benzene rings is 2. The van der Waals surface area contributed by atoms with Crippen LogP contribution in [0.15, 0.2) is 52.7 Å². The highest BCUT2D eigenvalue weighted by molar-refractivity contribution is 5.86. The average molecular weight is 451 g/mol. The Morgan fingerprint density at radius 2 is 1.94 bits per heavy atom. The zero-order valence-electron chi connectivity index (χ0n) is 19.2. The van der Waals surface area contributed by atoms with E-state index in [1.54, 1.807) is 11.0 Å². The lowest BCUT2D eigenvalue weighted by molar-refractivity contribution is 0.205. The number of carbonyl (C=O) groups excluding carboxylic acids is 1. The van der Waals surface area contributed by atoms with Crippen LogP contribution in [-0.4, -0.2) is 34.7 Å². The third-order valence-corrected chi connectivity index (χ3v) is 5.83. The first-order chi connectivity index (χ1) is 16.0. The molecule has 0 spiro atoms. The molecule has 0 bridgehead atoms. The van der Waals surface area contributed by atoms with E-state index in [-0.39, 0.29) is 23.5 Å². The highest BCUT2D eigenvalue weighted by atomic mass is 19.1. The number of hydrogen-bond donors (Lipinski definition) is 1. The Hall–Kier alpha value is -3.68. The first-order valence-corrected chi connectivity index (χ1v) is 11.0. The number of methoxy groups -OCH3 is 1. The van der Waals surface area contributed by atoms with E-state index in [1.807, 2.05) is 38.1 Å². The molecule has 1 atom stereocenters. The SMILES string of the molecule is CCCN1C(=O)NC(c2ccc(CC)cc2)C(c2nc(-c3ccc(OC)c(F)c3)no2)=C1C. The molecule has 4 rings (SSSR count). The molecule has 1 aliphatic rings. The molecule has 8 heteroatoms. The molecule has 0 saturated heterocycles. The summed E-state index contributed by atoms with van der Waals surface area (Å²) in [6, 6.07) is 12.0. The van der Waals surface area contributed by atoms with Gasteiger partial charge in [-0.1, -0.05) is 43.3 Å². The predicted molar refractivity (Wildman–Crippen MR) is 123 cm³/mol. The highest BCUT2D eigenvalue weighted by Gasteiger charge is 2.35. The number of urea groups is 1. The fourth-order valence-corrected chi connectivity index (χ4v) is 4.00. The van der Waals surface area contributed by atoms with Crippen LogP contribution in [0, 0.1) is 5.82 Å². The minimum atomic E-state index is -0.510. The van der Waals surface area contributed by atoms with Crippen LogP contribution in [0.1, 0.15) is 50.3 Å². The van der Waals surface area contributed by atoms with Crippen molar-refractivity contribution in [3.8, 4) is 17.1 Å². The van der Waals surface area contributed by atoms with Crippen LogP contribution in [-0.2, 0) is 6.42 Å². The fraction of sp³-hybridized carbons (Fsp3) is 0.320. The maximum absolute atomic E-state index is 14.2. The van der Waals surface area contributed by atoms with Gasteiger partial charge in [0, 0.05) is 17.8 Å². The van der Waals surface area contributed by atoms with Crippen LogP contribution >= 0.6 is 0 Å². The first-order valence-electron chi connectivity index (χ1n) is 11.0. The van der Waals surface area contributed by atoms with Crippen LogP contribution in [0.4, 0.5) is 9.18 Å². The Morgan fingerprint density at radius 3 is 2.58 bits per heavy atom. The first kappa shape index (κ1) is 22.5. The topological polar surface area (TPSA) is 80.5 Å². The summed E-state index contributed by atoms with van der Waals surface area (Å²) >= 11 is 0. The van der Waals surface area contributed by atoms with Crippen LogP contribution in [0.2, 0.25) is 0 Å².